The molecule has 0 amide bonds. The van der Waals surface area contributed by atoms with E-state index in [1.54, 1.807) is 6.92 Å². The van der Waals surface area contributed by atoms with Crippen LogP contribution in [0.2, 0.25) is 10.0 Å². The zero-order chi connectivity index (χ0) is 12.3. The molecular formula is C10H8Cl2O4. The molecular weight excluding hydrogens is 255 g/mol. The van der Waals surface area contributed by atoms with Crippen LogP contribution in [0.25, 0.3) is 0 Å². The van der Waals surface area contributed by atoms with E-state index >= 15 is 0 Å². The molecule has 0 saturated heterocycles. The summed E-state index contributed by atoms with van der Waals surface area (Å²) in [7, 11) is 0. The monoisotopic (exact) mass is 262 g/mol. The Bertz CT molecular complexity index is 443. The Morgan fingerprint density at radius 3 is 2.50 bits per heavy atom. The van der Waals surface area contributed by atoms with E-state index in [0.29, 0.717) is 0 Å². The van der Waals surface area contributed by atoms with E-state index in [1.165, 1.54) is 12.1 Å². The van der Waals surface area contributed by atoms with Crippen molar-refractivity contribution in [2.45, 2.75) is 6.92 Å². The molecule has 16 heavy (non-hydrogen) atoms. The van der Waals surface area contributed by atoms with Crippen LogP contribution in [-0.4, -0.2) is 23.7 Å². The lowest BCUT2D eigenvalue weighted by atomic mass is 10.1. The molecule has 1 rings (SSSR count). The molecule has 1 aromatic carbocycles. The van der Waals surface area contributed by atoms with Crippen molar-refractivity contribution in [1.82, 2.24) is 0 Å². The molecule has 1 aromatic rings. The predicted molar refractivity (Wildman–Crippen MR) is 59.4 cm³/mol. The fourth-order valence-electron chi connectivity index (χ4n) is 1.12. The normalized spacial score (nSPS) is 9.94. The summed E-state index contributed by atoms with van der Waals surface area (Å²) in [5, 5.41) is 8.63. The van der Waals surface area contributed by atoms with Gasteiger partial charge in [-0.25, -0.2) is 9.59 Å². The van der Waals surface area contributed by atoms with Gasteiger partial charge in [0.2, 0.25) is 0 Å². The van der Waals surface area contributed by atoms with E-state index in [0.717, 1.165) is 0 Å². The Morgan fingerprint density at radius 1 is 1.38 bits per heavy atom. The maximum atomic E-state index is 11.4. The topological polar surface area (TPSA) is 63.6 Å². The number of carboxylic acid groups (broad SMARTS) is 1. The van der Waals surface area contributed by atoms with Crippen molar-refractivity contribution in [2.75, 3.05) is 6.61 Å². The van der Waals surface area contributed by atoms with Crippen LogP contribution in [0.5, 0.6) is 0 Å². The van der Waals surface area contributed by atoms with Gasteiger partial charge in [0.1, 0.15) is 0 Å². The van der Waals surface area contributed by atoms with E-state index in [2.05, 4.69) is 0 Å². The van der Waals surface area contributed by atoms with Gasteiger partial charge < -0.3 is 9.84 Å². The van der Waals surface area contributed by atoms with Gasteiger partial charge in [-0.05, 0) is 19.1 Å². The predicted octanol–water partition coefficient (Wildman–Crippen LogP) is 2.87. The fraction of sp³-hybridized carbons (Fsp3) is 0.200. The van der Waals surface area contributed by atoms with E-state index < -0.39 is 11.9 Å². The van der Waals surface area contributed by atoms with Gasteiger partial charge in [-0.1, -0.05) is 23.2 Å². The minimum absolute atomic E-state index is 0.00897. The van der Waals surface area contributed by atoms with Gasteiger partial charge in [0.25, 0.3) is 0 Å². The molecule has 4 nitrogen and oxygen atoms in total. The summed E-state index contributed by atoms with van der Waals surface area (Å²) >= 11 is 11.4. The molecule has 0 atom stereocenters. The molecule has 1 N–H and O–H groups in total. The SMILES string of the molecule is CCOC(=O)c1ccc(Cl)c(C(=O)O)c1Cl. The standard InChI is InChI=1S/C10H8Cl2O4/c1-2-16-10(15)5-3-4-6(11)7(8(5)12)9(13)14/h3-4H,2H2,1H3,(H,13,14). The molecule has 86 valence electrons. The van der Waals surface area contributed by atoms with Crippen LogP contribution in [0, 0.1) is 0 Å². The number of rotatable bonds is 3. The second-order valence-electron chi connectivity index (χ2n) is 2.81. The van der Waals surface area contributed by atoms with Crippen LogP contribution >= 0.6 is 23.2 Å². The summed E-state index contributed by atoms with van der Waals surface area (Å²) in [6, 6.07) is 2.62. The molecule has 0 heterocycles. The smallest absolute Gasteiger partial charge is 0.339 e. The number of hydrogen-bond donors (Lipinski definition) is 1. The Balaban J connectivity index is 3.29. The summed E-state index contributed by atoms with van der Waals surface area (Å²) in [6.07, 6.45) is 0. The third kappa shape index (κ3) is 2.46. The lowest BCUT2D eigenvalue weighted by Crippen LogP contribution is -2.09. The number of esters is 1. The highest BCUT2D eigenvalue weighted by Crippen LogP contribution is 2.28. The van der Waals surface area contributed by atoms with Crippen molar-refractivity contribution >= 4 is 35.1 Å². The molecule has 0 aromatic heterocycles. The fourth-order valence-corrected chi connectivity index (χ4v) is 1.72. The molecule has 0 spiro atoms. The highest BCUT2D eigenvalue weighted by molar-refractivity contribution is 6.41. The van der Waals surface area contributed by atoms with Crippen LogP contribution in [-0.2, 0) is 4.74 Å². The highest BCUT2D eigenvalue weighted by Gasteiger charge is 2.21. The lowest BCUT2D eigenvalue weighted by Gasteiger charge is -2.07. The number of halogens is 2. The van der Waals surface area contributed by atoms with Crippen LogP contribution in [0.15, 0.2) is 12.1 Å². The number of hydrogen-bond acceptors (Lipinski definition) is 3. The molecule has 0 unspecified atom stereocenters. The first-order valence-corrected chi connectivity index (χ1v) is 5.13. The first-order chi connectivity index (χ1) is 7.49. The Hall–Kier alpha value is -1.26. The Kier molecular flexibility index (Phi) is 4.15. The van der Waals surface area contributed by atoms with Crippen molar-refractivity contribution < 1.29 is 19.4 Å². The average molecular weight is 263 g/mol. The summed E-state index contributed by atoms with van der Waals surface area (Å²) < 4.78 is 4.72. The van der Waals surface area contributed by atoms with Crippen LogP contribution in [0.4, 0.5) is 0 Å². The van der Waals surface area contributed by atoms with E-state index in [-0.39, 0.29) is 27.8 Å². The summed E-state index contributed by atoms with van der Waals surface area (Å²) in [5.41, 5.74) is -0.306. The van der Waals surface area contributed by atoms with Crippen LogP contribution in [0.3, 0.4) is 0 Å². The zero-order valence-electron chi connectivity index (χ0n) is 8.29. The first-order valence-electron chi connectivity index (χ1n) is 4.37. The highest BCUT2D eigenvalue weighted by atomic mass is 35.5. The molecule has 0 aliphatic carbocycles. The number of carboxylic acids is 1. The van der Waals surface area contributed by atoms with Gasteiger partial charge in [0, 0.05) is 0 Å². The van der Waals surface area contributed by atoms with Crippen LogP contribution < -0.4 is 0 Å². The minimum Gasteiger partial charge on any atom is -0.478 e. The van der Waals surface area contributed by atoms with Crippen molar-refractivity contribution in [1.29, 1.82) is 0 Å². The second-order valence-corrected chi connectivity index (χ2v) is 3.59. The number of carbonyl (C=O) groups is 2. The largest absolute Gasteiger partial charge is 0.478 e. The molecule has 0 radical (unpaired) electrons. The average Bonchev–Trinajstić information content (AvgIpc) is 2.17. The van der Waals surface area contributed by atoms with Gasteiger partial charge in [0.15, 0.2) is 0 Å². The third-order valence-corrected chi connectivity index (χ3v) is 2.51. The van der Waals surface area contributed by atoms with Crippen molar-refractivity contribution in [3.8, 4) is 0 Å². The Labute approximate surface area is 102 Å². The van der Waals surface area contributed by atoms with Gasteiger partial charge >= 0.3 is 11.9 Å². The number of ether oxygens (including phenoxy) is 1. The van der Waals surface area contributed by atoms with E-state index in [9.17, 15) is 9.59 Å². The molecule has 0 bridgehead atoms. The zero-order valence-corrected chi connectivity index (χ0v) is 9.80. The molecule has 0 saturated carbocycles. The van der Waals surface area contributed by atoms with Gasteiger partial charge in [-0.2, -0.15) is 0 Å². The maximum Gasteiger partial charge on any atom is 0.339 e. The number of aromatic carboxylic acids is 1. The third-order valence-electron chi connectivity index (χ3n) is 1.80. The summed E-state index contributed by atoms with van der Waals surface area (Å²) in [6.45, 7) is 1.82. The van der Waals surface area contributed by atoms with Crippen molar-refractivity contribution in [3.05, 3.63) is 33.3 Å². The van der Waals surface area contributed by atoms with E-state index in [1.807, 2.05) is 0 Å². The Morgan fingerprint density at radius 2 is 2.00 bits per heavy atom. The molecule has 0 aliphatic heterocycles. The van der Waals surface area contributed by atoms with Crippen molar-refractivity contribution in [3.63, 3.8) is 0 Å². The van der Waals surface area contributed by atoms with Gasteiger partial charge in [-0.3, -0.25) is 0 Å². The quantitative estimate of drug-likeness (QED) is 0.851. The second kappa shape index (κ2) is 5.18. The summed E-state index contributed by atoms with van der Waals surface area (Å²) in [4.78, 5) is 22.3. The molecule has 0 aliphatic rings. The van der Waals surface area contributed by atoms with Gasteiger partial charge in [0.05, 0.1) is 27.8 Å². The van der Waals surface area contributed by atoms with Gasteiger partial charge in [-0.15, -0.1) is 0 Å². The van der Waals surface area contributed by atoms with E-state index in [4.69, 9.17) is 33.0 Å². The first kappa shape index (κ1) is 12.8. The molecule has 6 heteroatoms. The van der Waals surface area contributed by atoms with Crippen LogP contribution in [0.1, 0.15) is 27.6 Å². The number of carbonyl (C=O) groups excluding carboxylic acids is 1. The summed E-state index contributed by atoms with van der Waals surface area (Å²) in [5.74, 6) is -1.96. The lowest BCUT2D eigenvalue weighted by molar-refractivity contribution is 0.0526. The number of benzene rings is 1. The molecule has 0 fully saturated rings. The van der Waals surface area contributed by atoms with Crippen molar-refractivity contribution in [2.24, 2.45) is 0 Å². The maximum absolute atomic E-state index is 11.4. The minimum atomic E-state index is -1.29.